The maximum atomic E-state index is 12.5. The highest BCUT2D eigenvalue weighted by Crippen LogP contribution is 2.29. The number of nitrogens with zero attached hydrogens (tertiary/aromatic N) is 1. The Balaban J connectivity index is 1.90. The van der Waals surface area contributed by atoms with Crippen LogP contribution in [0, 0.1) is 5.92 Å². The first-order chi connectivity index (χ1) is 9.99. The van der Waals surface area contributed by atoms with Gasteiger partial charge in [0.2, 0.25) is 0 Å². The van der Waals surface area contributed by atoms with E-state index in [1.165, 1.54) is 12.1 Å². The molecule has 1 aromatic rings. The molecule has 1 fully saturated rings. The van der Waals surface area contributed by atoms with E-state index in [0.29, 0.717) is 5.92 Å². The van der Waals surface area contributed by atoms with E-state index < -0.39 is 11.7 Å². The van der Waals surface area contributed by atoms with Crippen LogP contribution in [0.5, 0.6) is 0 Å². The van der Waals surface area contributed by atoms with Gasteiger partial charge in [-0.3, -0.25) is 0 Å². The van der Waals surface area contributed by atoms with Gasteiger partial charge in [-0.15, -0.1) is 0 Å². The van der Waals surface area contributed by atoms with Crippen LogP contribution in [0.25, 0.3) is 6.08 Å². The first-order valence-corrected chi connectivity index (χ1v) is 7.21. The Morgan fingerprint density at radius 2 is 1.71 bits per heavy atom. The first-order valence-electron chi connectivity index (χ1n) is 7.21. The van der Waals surface area contributed by atoms with E-state index in [1.807, 2.05) is 19.1 Å². The van der Waals surface area contributed by atoms with Crippen LogP contribution in [0.15, 0.2) is 42.6 Å². The van der Waals surface area contributed by atoms with E-state index in [1.54, 1.807) is 0 Å². The SMILES string of the molecule is C/C=C/N1CCC(/C=C/c2ccc(C(F)(F)F)cc2)CC1. The summed E-state index contributed by atoms with van der Waals surface area (Å²) in [6.07, 6.45) is 6.10. The Kier molecular flexibility index (Phi) is 5.10. The van der Waals surface area contributed by atoms with Gasteiger partial charge in [-0.2, -0.15) is 13.2 Å². The zero-order valence-electron chi connectivity index (χ0n) is 12.1. The average molecular weight is 295 g/mol. The monoisotopic (exact) mass is 295 g/mol. The normalized spacial score (nSPS) is 18.0. The third-order valence-corrected chi connectivity index (χ3v) is 3.73. The molecule has 0 aromatic heterocycles. The molecule has 0 amide bonds. The van der Waals surface area contributed by atoms with Crippen LogP contribution in [0.4, 0.5) is 13.2 Å². The van der Waals surface area contributed by atoms with E-state index in [0.717, 1.165) is 43.6 Å². The number of rotatable bonds is 3. The van der Waals surface area contributed by atoms with Crippen LogP contribution in [-0.4, -0.2) is 18.0 Å². The van der Waals surface area contributed by atoms with Crippen molar-refractivity contribution in [3.05, 3.63) is 53.7 Å². The topological polar surface area (TPSA) is 3.24 Å². The Morgan fingerprint density at radius 3 is 2.24 bits per heavy atom. The molecule has 1 nitrogen and oxygen atoms in total. The molecular weight excluding hydrogens is 275 g/mol. The lowest BCUT2D eigenvalue weighted by atomic mass is 9.95. The third kappa shape index (κ3) is 4.66. The van der Waals surface area contributed by atoms with Crippen LogP contribution >= 0.6 is 0 Å². The number of hydrogen-bond donors (Lipinski definition) is 0. The van der Waals surface area contributed by atoms with Gasteiger partial charge in [0.1, 0.15) is 0 Å². The molecule has 0 saturated carbocycles. The van der Waals surface area contributed by atoms with Crippen molar-refractivity contribution in [1.82, 2.24) is 4.90 Å². The molecule has 0 radical (unpaired) electrons. The van der Waals surface area contributed by atoms with Crippen LogP contribution in [0.3, 0.4) is 0 Å². The van der Waals surface area contributed by atoms with Gasteiger partial charge in [-0.1, -0.05) is 30.4 Å². The van der Waals surface area contributed by atoms with Crippen molar-refractivity contribution in [2.24, 2.45) is 5.92 Å². The van der Waals surface area contributed by atoms with Gasteiger partial charge >= 0.3 is 6.18 Å². The predicted octanol–water partition coefficient (Wildman–Crippen LogP) is 4.96. The second-order valence-corrected chi connectivity index (χ2v) is 5.33. The van der Waals surface area contributed by atoms with E-state index in [2.05, 4.69) is 17.2 Å². The minimum atomic E-state index is -4.26. The van der Waals surface area contributed by atoms with Gasteiger partial charge < -0.3 is 4.90 Å². The summed E-state index contributed by atoms with van der Waals surface area (Å²) in [5, 5.41) is 0. The Morgan fingerprint density at radius 1 is 1.10 bits per heavy atom. The summed E-state index contributed by atoms with van der Waals surface area (Å²) in [5.41, 5.74) is 0.221. The molecule has 4 heteroatoms. The predicted molar refractivity (Wildman–Crippen MR) is 79.6 cm³/mol. The van der Waals surface area contributed by atoms with E-state index >= 15 is 0 Å². The fourth-order valence-electron chi connectivity index (χ4n) is 2.50. The molecule has 0 atom stereocenters. The van der Waals surface area contributed by atoms with E-state index in [4.69, 9.17) is 0 Å². The summed E-state index contributed by atoms with van der Waals surface area (Å²) in [6.45, 7) is 4.08. The van der Waals surface area contributed by atoms with Gasteiger partial charge in [0.05, 0.1) is 5.56 Å². The van der Waals surface area contributed by atoms with Crippen LogP contribution < -0.4 is 0 Å². The standard InChI is InChI=1S/C17H20F3N/c1-2-11-21-12-9-15(10-13-21)4-3-14-5-7-16(8-6-14)17(18,19)20/h2-8,11,15H,9-10,12-13H2,1H3/b4-3+,11-2+. The molecular formula is C17H20F3N. The van der Waals surface area contributed by atoms with Crippen molar-refractivity contribution in [3.8, 4) is 0 Å². The second-order valence-electron chi connectivity index (χ2n) is 5.33. The van der Waals surface area contributed by atoms with Crippen molar-refractivity contribution < 1.29 is 13.2 Å². The second kappa shape index (κ2) is 6.83. The fraction of sp³-hybridized carbons (Fsp3) is 0.412. The summed E-state index contributed by atoms with van der Waals surface area (Å²) >= 11 is 0. The molecule has 2 rings (SSSR count). The zero-order chi connectivity index (χ0) is 15.3. The summed E-state index contributed by atoms with van der Waals surface area (Å²) < 4.78 is 37.4. The number of hydrogen-bond acceptors (Lipinski definition) is 1. The summed E-state index contributed by atoms with van der Waals surface area (Å²) in [7, 11) is 0. The number of piperidine rings is 1. The van der Waals surface area contributed by atoms with Crippen molar-refractivity contribution in [3.63, 3.8) is 0 Å². The maximum absolute atomic E-state index is 12.5. The van der Waals surface area contributed by atoms with Gasteiger partial charge in [0.25, 0.3) is 0 Å². The molecule has 0 bridgehead atoms. The molecule has 0 unspecified atom stereocenters. The van der Waals surface area contributed by atoms with Crippen LogP contribution in [-0.2, 0) is 6.18 Å². The highest BCUT2D eigenvalue weighted by atomic mass is 19.4. The van der Waals surface area contributed by atoms with Crippen LogP contribution in [0.1, 0.15) is 30.9 Å². The first kappa shape index (κ1) is 15.7. The third-order valence-electron chi connectivity index (χ3n) is 3.73. The molecule has 21 heavy (non-hydrogen) atoms. The maximum Gasteiger partial charge on any atom is 0.416 e. The Hall–Kier alpha value is -1.71. The minimum absolute atomic E-state index is 0.508. The lowest BCUT2D eigenvalue weighted by molar-refractivity contribution is -0.137. The molecule has 1 aliphatic rings. The molecule has 1 heterocycles. The molecule has 114 valence electrons. The number of alkyl halides is 3. The summed E-state index contributed by atoms with van der Waals surface area (Å²) in [5.74, 6) is 0.508. The van der Waals surface area contributed by atoms with Gasteiger partial charge in [0, 0.05) is 13.1 Å². The Labute approximate surface area is 123 Å². The fourth-order valence-corrected chi connectivity index (χ4v) is 2.50. The van der Waals surface area contributed by atoms with Crippen molar-refractivity contribution in [2.75, 3.05) is 13.1 Å². The summed E-state index contributed by atoms with van der Waals surface area (Å²) in [4.78, 5) is 2.29. The van der Waals surface area contributed by atoms with Crippen molar-refractivity contribution in [1.29, 1.82) is 0 Å². The zero-order valence-corrected chi connectivity index (χ0v) is 12.1. The molecule has 0 aliphatic carbocycles. The van der Waals surface area contributed by atoms with Gasteiger partial charge in [-0.25, -0.2) is 0 Å². The molecule has 1 aliphatic heterocycles. The Bertz CT molecular complexity index is 492. The molecule has 1 aromatic carbocycles. The average Bonchev–Trinajstić information content (AvgIpc) is 2.46. The van der Waals surface area contributed by atoms with Crippen molar-refractivity contribution >= 4 is 6.08 Å². The highest BCUT2D eigenvalue weighted by Gasteiger charge is 2.29. The number of halogens is 3. The lowest BCUT2D eigenvalue weighted by Crippen LogP contribution is -2.28. The van der Waals surface area contributed by atoms with E-state index in [-0.39, 0.29) is 0 Å². The number of benzene rings is 1. The molecule has 1 saturated heterocycles. The van der Waals surface area contributed by atoms with E-state index in [9.17, 15) is 13.2 Å². The quantitative estimate of drug-likeness (QED) is 0.761. The van der Waals surface area contributed by atoms with Gasteiger partial charge in [-0.05, 0) is 49.6 Å². The molecule has 0 N–H and O–H groups in total. The number of allylic oxidation sites excluding steroid dienone is 2. The molecule has 0 spiro atoms. The minimum Gasteiger partial charge on any atom is -0.378 e. The summed E-state index contributed by atoms with van der Waals surface area (Å²) in [6, 6.07) is 5.31. The number of likely N-dealkylation sites (tertiary alicyclic amines) is 1. The highest BCUT2D eigenvalue weighted by molar-refractivity contribution is 5.50. The lowest BCUT2D eigenvalue weighted by Gasteiger charge is -2.29. The van der Waals surface area contributed by atoms with Crippen LogP contribution in [0.2, 0.25) is 0 Å². The van der Waals surface area contributed by atoms with Crippen molar-refractivity contribution in [2.45, 2.75) is 25.9 Å². The largest absolute Gasteiger partial charge is 0.416 e. The smallest absolute Gasteiger partial charge is 0.378 e. The van der Waals surface area contributed by atoms with Gasteiger partial charge in [0.15, 0.2) is 0 Å².